The van der Waals surface area contributed by atoms with Crippen molar-refractivity contribution in [2.24, 2.45) is 10.9 Å². The third-order valence-corrected chi connectivity index (χ3v) is 6.12. The lowest BCUT2D eigenvalue weighted by atomic mass is 10.0. The summed E-state index contributed by atoms with van der Waals surface area (Å²) in [5.74, 6) is 1.40. The van der Waals surface area contributed by atoms with E-state index in [1.165, 1.54) is 17.1 Å². The van der Waals surface area contributed by atoms with Crippen molar-refractivity contribution in [3.8, 4) is 0 Å². The van der Waals surface area contributed by atoms with Crippen LogP contribution in [-0.2, 0) is 16.6 Å². The lowest BCUT2D eigenvalue weighted by Gasteiger charge is -2.20. The molecule has 0 aliphatic carbocycles. The lowest BCUT2D eigenvalue weighted by molar-refractivity contribution is 0.491. The average Bonchev–Trinajstić information content (AvgIpc) is 2.58. The van der Waals surface area contributed by atoms with Gasteiger partial charge in [-0.05, 0) is 30.9 Å². The first kappa shape index (κ1) is 22.4. The number of benzene rings is 1. The van der Waals surface area contributed by atoms with Crippen LogP contribution in [0.4, 0.5) is 0 Å². The summed E-state index contributed by atoms with van der Waals surface area (Å²) in [6.07, 6.45) is 3.46. The third kappa shape index (κ3) is 6.96. The van der Waals surface area contributed by atoms with E-state index in [1.807, 2.05) is 12.1 Å². The van der Waals surface area contributed by atoms with Crippen LogP contribution in [0.5, 0.6) is 0 Å². The molecule has 1 aromatic rings. The number of nitrogens with one attached hydrogen (secondary N) is 2. The molecule has 6 nitrogen and oxygen atoms in total. The first-order chi connectivity index (χ1) is 12.2. The number of nitrogens with zero attached hydrogens (tertiary/aromatic N) is 2. The molecule has 2 N–H and O–H groups in total. The fourth-order valence-electron chi connectivity index (χ4n) is 2.61. The summed E-state index contributed by atoms with van der Waals surface area (Å²) in [5.41, 5.74) is 0.719. The Hall–Kier alpha value is -1.60. The topological polar surface area (TPSA) is 73.8 Å². The zero-order chi connectivity index (χ0) is 19.7. The van der Waals surface area contributed by atoms with Gasteiger partial charge in [0.05, 0.1) is 4.90 Å². The molecule has 0 radical (unpaired) electrons. The number of guanidine groups is 1. The molecule has 0 aliphatic heterocycles. The van der Waals surface area contributed by atoms with Crippen LogP contribution in [0.2, 0.25) is 0 Å². The van der Waals surface area contributed by atoms with Crippen molar-refractivity contribution in [3.05, 3.63) is 29.8 Å². The monoisotopic (exact) mass is 382 g/mol. The Bertz CT molecular complexity index is 685. The molecule has 0 heterocycles. The van der Waals surface area contributed by atoms with Crippen LogP contribution >= 0.6 is 0 Å². The van der Waals surface area contributed by atoms with E-state index in [9.17, 15) is 8.42 Å². The molecule has 1 unspecified atom stereocenters. The second-order valence-electron chi connectivity index (χ2n) is 7.19. The smallest absolute Gasteiger partial charge is 0.242 e. The van der Waals surface area contributed by atoms with Crippen LogP contribution in [0.15, 0.2) is 34.2 Å². The van der Waals surface area contributed by atoms with Crippen molar-refractivity contribution in [3.63, 3.8) is 0 Å². The van der Waals surface area contributed by atoms with Crippen LogP contribution in [0.1, 0.15) is 45.6 Å². The Morgan fingerprint density at radius 1 is 1.15 bits per heavy atom. The van der Waals surface area contributed by atoms with Crippen LogP contribution in [0.3, 0.4) is 0 Å². The highest BCUT2D eigenvalue weighted by atomic mass is 32.2. The predicted octanol–water partition coefficient (Wildman–Crippen LogP) is 2.82. The minimum atomic E-state index is -3.47. The Morgan fingerprint density at radius 3 is 2.38 bits per heavy atom. The van der Waals surface area contributed by atoms with E-state index in [4.69, 9.17) is 0 Å². The summed E-state index contributed by atoms with van der Waals surface area (Å²) in [7, 11) is 1.33. The minimum absolute atomic E-state index is 0.306. The quantitative estimate of drug-likeness (QED) is 0.509. The molecule has 7 heteroatoms. The van der Waals surface area contributed by atoms with E-state index in [0.29, 0.717) is 23.4 Å². The molecular weight excluding hydrogens is 348 g/mol. The molecule has 0 fully saturated rings. The molecule has 1 rings (SSSR count). The van der Waals surface area contributed by atoms with E-state index in [0.717, 1.165) is 17.9 Å². The van der Waals surface area contributed by atoms with Crippen LogP contribution in [-0.4, -0.2) is 45.9 Å². The van der Waals surface area contributed by atoms with E-state index in [-0.39, 0.29) is 0 Å². The number of rotatable bonds is 9. The molecule has 0 spiro atoms. The predicted molar refractivity (Wildman–Crippen MR) is 109 cm³/mol. The average molecular weight is 383 g/mol. The van der Waals surface area contributed by atoms with Crippen molar-refractivity contribution in [1.29, 1.82) is 0 Å². The standard InChI is InChI=1S/C19H34N4O2S/c1-15(2)10-9-11-16(3)22-19(20-4)21-14-17-12-7-8-13-18(17)26(24,25)23(5)6/h7-8,12-13,15-16H,9-11,14H2,1-6H3,(H2,20,21,22). The van der Waals surface area contributed by atoms with E-state index in [2.05, 4.69) is 36.4 Å². The van der Waals surface area contributed by atoms with Gasteiger partial charge in [0.25, 0.3) is 0 Å². The van der Waals surface area contributed by atoms with Gasteiger partial charge in [0.15, 0.2) is 5.96 Å². The summed E-state index contributed by atoms with van der Waals surface area (Å²) < 4.78 is 26.2. The second kappa shape index (κ2) is 10.5. The molecule has 0 aliphatic rings. The normalized spacial score (nSPS) is 13.9. The molecule has 1 atom stereocenters. The molecular formula is C19H34N4O2S. The lowest BCUT2D eigenvalue weighted by Crippen LogP contribution is -2.42. The summed E-state index contributed by atoms with van der Waals surface area (Å²) >= 11 is 0. The Kier molecular flexibility index (Phi) is 9.08. The molecule has 0 saturated carbocycles. The molecule has 1 aromatic carbocycles. The molecule has 0 amide bonds. The first-order valence-electron chi connectivity index (χ1n) is 9.16. The third-order valence-electron chi connectivity index (χ3n) is 4.20. The largest absolute Gasteiger partial charge is 0.354 e. The summed E-state index contributed by atoms with van der Waals surface area (Å²) in [6.45, 7) is 6.99. The van der Waals surface area contributed by atoms with Gasteiger partial charge in [-0.15, -0.1) is 0 Å². The zero-order valence-electron chi connectivity index (χ0n) is 16.9. The number of aliphatic imine (C=N–C) groups is 1. The fraction of sp³-hybridized carbons (Fsp3) is 0.632. The maximum Gasteiger partial charge on any atom is 0.242 e. The van der Waals surface area contributed by atoms with Gasteiger partial charge in [-0.3, -0.25) is 4.99 Å². The highest BCUT2D eigenvalue weighted by Gasteiger charge is 2.20. The van der Waals surface area contributed by atoms with Gasteiger partial charge in [-0.25, -0.2) is 12.7 Å². The Morgan fingerprint density at radius 2 is 1.81 bits per heavy atom. The van der Waals surface area contributed by atoms with Crippen LogP contribution in [0.25, 0.3) is 0 Å². The maximum atomic E-state index is 12.5. The molecule has 0 saturated heterocycles. The van der Waals surface area contributed by atoms with Crippen molar-refractivity contribution in [1.82, 2.24) is 14.9 Å². The van der Waals surface area contributed by atoms with Crippen molar-refractivity contribution in [2.45, 2.75) is 57.5 Å². The number of hydrogen-bond donors (Lipinski definition) is 2. The van der Waals surface area contributed by atoms with Gasteiger partial charge < -0.3 is 10.6 Å². The van der Waals surface area contributed by atoms with Gasteiger partial charge in [-0.1, -0.05) is 44.9 Å². The summed E-state index contributed by atoms with van der Waals surface area (Å²) in [6, 6.07) is 7.35. The van der Waals surface area contributed by atoms with E-state index < -0.39 is 10.0 Å². The van der Waals surface area contributed by atoms with Gasteiger partial charge in [0.1, 0.15) is 0 Å². The van der Waals surface area contributed by atoms with Gasteiger partial charge in [0.2, 0.25) is 10.0 Å². The van der Waals surface area contributed by atoms with Crippen molar-refractivity contribution in [2.75, 3.05) is 21.1 Å². The Labute approximate surface area is 159 Å². The summed E-state index contributed by atoms with van der Waals surface area (Å²) in [4.78, 5) is 4.57. The second-order valence-corrected chi connectivity index (χ2v) is 9.31. The highest BCUT2D eigenvalue weighted by molar-refractivity contribution is 7.89. The fourth-order valence-corrected chi connectivity index (χ4v) is 3.73. The molecule has 0 aromatic heterocycles. The van der Waals surface area contributed by atoms with Gasteiger partial charge in [-0.2, -0.15) is 0 Å². The molecule has 26 heavy (non-hydrogen) atoms. The summed E-state index contributed by atoms with van der Waals surface area (Å²) in [5, 5.41) is 6.59. The number of hydrogen-bond acceptors (Lipinski definition) is 3. The minimum Gasteiger partial charge on any atom is -0.354 e. The molecule has 148 valence electrons. The number of sulfonamides is 1. The van der Waals surface area contributed by atoms with Crippen molar-refractivity contribution >= 4 is 16.0 Å². The first-order valence-corrected chi connectivity index (χ1v) is 10.6. The SMILES string of the molecule is CN=C(NCc1ccccc1S(=O)(=O)N(C)C)NC(C)CCCC(C)C. The Balaban J connectivity index is 2.70. The van der Waals surface area contributed by atoms with E-state index >= 15 is 0 Å². The van der Waals surface area contributed by atoms with Gasteiger partial charge in [0, 0.05) is 33.7 Å². The van der Waals surface area contributed by atoms with Crippen molar-refractivity contribution < 1.29 is 8.42 Å². The van der Waals surface area contributed by atoms with E-state index in [1.54, 1.807) is 33.3 Å². The highest BCUT2D eigenvalue weighted by Crippen LogP contribution is 2.18. The maximum absolute atomic E-state index is 12.5. The van der Waals surface area contributed by atoms with Crippen LogP contribution in [0, 0.1) is 5.92 Å². The van der Waals surface area contributed by atoms with Crippen LogP contribution < -0.4 is 10.6 Å². The zero-order valence-corrected chi connectivity index (χ0v) is 17.7. The molecule has 0 bridgehead atoms. The van der Waals surface area contributed by atoms with Gasteiger partial charge >= 0.3 is 0 Å².